The van der Waals surface area contributed by atoms with Crippen molar-refractivity contribution in [3.63, 3.8) is 0 Å². The minimum atomic E-state index is -0.684. The van der Waals surface area contributed by atoms with E-state index in [0.29, 0.717) is 25.3 Å². The molecule has 0 bridgehead atoms. The molecule has 1 heterocycles. The van der Waals surface area contributed by atoms with Crippen molar-refractivity contribution in [3.8, 4) is 0 Å². The number of nitrogens with one attached hydrogen (secondary N) is 1. The topological polar surface area (TPSA) is 86.8 Å². The molecule has 33 heavy (non-hydrogen) atoms. The highest BCUT2D eigenvalue weighted by Crippen LogP contribution is 2.35. The maximum atomic E-state index is 13.3. The van der Waals surface area contributed by atoms with Crippen LogP contribution in [0.1, 0.15) is 45.6 Å². The number of rotatable bonds is 9. The first-order valence-corrected chi connectivity index (χ1v) is 12.3. The number of hydrogen-bond acceptors (Lipinski definition) is 4. The summed E-state index contributed by atoms with van der Waals surface area (Å²) in [4.78, 5) is 54.2. The highest BCUT2D eigenvalue weighted by Gasteiger charge is 2.47. The number of halogens is 1. The lowest BCUT2D eigenvalue weighted by atomic mass is 9.85. The number of imide groups is 1. The van der Waals surface area contributed by atoms with E-state index < -0.39 is 6.04 Å². The smallest absolute Gasteiger partial charge is 0.242 e. The van der Waals surface area contributed by atoms with Gasteiger partial charge in [-0.15, -0.1) is 0 Å². The zero-order valence-electron chi connectivity index (χ0n) is 19.4. The highest BCUT2D eigenvalue weighted by atomic mass is 79.9. The summed E-state index contributed by atoms with van der Waals surface area (Å²) in [5, 5.41) is 2.89. The third-order valence-corrected chi connectivity index (χ3v) is 6.79. The standard InChI is InChI=1S/C25H32BrN3O4/c1-16(2)14-27-23(31)17(3)29(15-18-8-10-19(26)11-9-18)22(30)12-13-28-24(32)20-6-4-5-7-21(20)25(28)33/h4-5,8-11,16-17,20-21H,6-7,12-15H2,1-3H3,(H,27,31)/t17-,20-,21+/m1/s1. The second kappa shape index (κ2) is 11.1. The van der Waals surface area contributed by atoms with E-state index in [9.17, 15) is 19.2 Å². The van der Waals surface area contributed by atoms with Gasteiger partial charge in [-0.05, 0) is 43.4 Å². The summed E-state index contributed by atoms with van der Waals surface area (Å²) in [6.07, 6.45) is 5.02. The summed E-state index contributed by atoms with van der Waals surface area (Å²) in [6.45, 7) is 6.55. The van der Waals surface area contributed by atoms with Gasteiger partial charge in [0.15, 0.2) is 0 Å². The predicted octanol–water partition coefficient (Wildman–Crippen LogP) is 3.28. The summed E-state index contributed by atoms with van der Waals surface area (Å²) in [6, 6.07) is 6.89. The Bertz CT molecular complexity index is 902. The lowest BCUT2D eigenvalue weighted by Gasteiger charge is -2.29. The number of fused-ring (bicyclic) bond motifs is 1. The number of hydrogen-bond donors (Lipinski definition) is 1. The van der Waals surface area contributed by atoms with Gasteiger partial charge in [0.1, 0.15) is 6.04 Å². The van der Waals surface area contributed by atoms with Gasteiger partial charge in [0.2, 0.25) is 23.6 Å². The average molecular weight is 518 g/mol. The second-order valence-electron chi connectivity index (χ2n) is 9.20. The Morgan fingerprint density at radius 1 is 1.06 bits per heavy atom. The lowest BCUT2D eigenvalue weighted by molar-refractivity contribution is -0.143. The van der Waals surface area contributed by atoms with Crippen LogP contribution in [0.25, 0.3) is 0 Å². The molecule has 178 valence electrons. The van der Waals surface area contributed by atoms with Gasteiger partial charge < -0.3 is 10.2 Å². The van der Waals surface area contributed by atoms with Crippen molar-refractivity contribution in [3.05, 3.63) is 46.5 Å². The van der Waals surface area contributed by atoms with E-state index >= 15 is 0 Å². The molecular formula is C25H32BrN3O4. The van der Waals surface area contributed by atoms with Crippen molar-refractivity contribution < 1.29 is 19.2 Å². The van der Waals surface area contributed by atoms with E-state index in [4.69, 9.17) is 0 Å². The predicted molar refractivity (Wildman–Crippen MR) is 129 cm³/mol. The first kappa shape index (κ1) is 25.1. The zero-order valence-corrected chi connectivity index (χ0v) is 21.0. The Balaban J connectivity index is 1.70. The summed E-state index contributed by atoms with van der Waals surface area (Å²) in [5.41, 5.74) is 0.889. The van der Waals surface area contributed by atoms with Crippen molar-refractivity contribution in [2.45, 2.75) is 52.6 Å². The molecule has 1 aromatic carbocycles. The van der Waals surface area contributed by atoms with Crippen molar-refractivity contribution in [1.29, 1.82) is 0 Å². The fraction of sp³-hybridized carbons (Fsp3) is 0.520. The van der Waals surface area contributed by atoms with Crippen LogP contribution in [0.15, 0.2) is 40.9 Å². The van der Waals surface area contributed by atoms with Gasteiger partial charge in [-0.2, -0.15) is 0 Å². The number of likely N-dealkylation sites (tertiary alicyclic amines) is 1. The zero-order chi connectivity index (χ0) is 24.1. The van der Waals surface area contributed by atoms with Crippen LogP contribution in [0.3, 0.4) is 0 Å². The van der Waals surface area contributed by atoms with Crippen LogP contribution >= 0.6 is 15.9 Å². The Morgan fingerprint density at radius 2 is 1.64 bits per heavy atom. The quantitative estimate of drug-likeness (QED) is 0.402. The minimum Gasteiger partial charge on any atom is -0.354 e. The highest BCUT2D eigenvalue weighted by molar-refractivity contribution is 9.10. The van der Waals surface area contributed by atoms with Crippen LogP contribution in [0.4, 0.5) is 0 Å². The molecule has 7 nitrogen and oxygen atoms in total. The van der Waals surface area contributed by atoms with Gasteiger partial charge in [-0.3, -0.25) is 24.1 Å². The van der Waals surface area contributed by atoms with Gasteiger partial charge in [-0.25, -0.2) is 0 Å². The summed E-state index contributed by atoms with van der Waals surface area (Å²) < 4.78 is 0.925. The maximum Gasteiger partial charge on any atom is 0.242 e. The molecule has 1 saturated heterocycles. The first-order chi connectivity index (χ1) is 15.7. The first-order valence-electron chi connectivity index (χ1n) is 11.5. The van der Waals surface area contributed by atoms with E-state index in [2.05, 4.69) is 21.2 Å². The third-order valence-electron chi connectivity index (χ3n) is 6.27. The molecule has 1 aromatic rings. The van der Waals surface area contributed by atoms with Gasteiger partial charge in [0.05, 0.1) is 11.8 Å². The summed E-state index contributed by atoms with van der Waals surface area (Å²) in [7, 11) is 0. The number of carbonyl (C=O) groups is 4. The molecule has 3 atom stereocenters. The molecule has 8 heteroatoms. The fourth-order valence-corrected chi connectivity index (χ4v) is 4.53. The Hall–Kier alpha value is -2.48. The molecule has 0 radical (unpaired) electrons. The number of amides is 4. The van der Waals surface area contributed by atoms with Crippen LogP contribution in [0.2, 0.25) is 0 Å². The van der Waals surface area contributed by atoms with E-state index in [-0.39, 0.29) is 55.0 Å². The van der Waals surface area contributed by atoms with Gasteiger partial charge in [0, 0.05) is 30.5 Å². The number of benzene rings is 1. The molecule has 2 aliphatic rings. The third kappa shape index (κ3) is 6.10. The van der Waals surface area contributed by atoms with Crippen LogP contribution in [0, 0.1) is 17.8 Å². The van der Waals surface area contributed by atoms with Gasteiger partial charge >= 0.3 is 0 Å². The molecular weight excluding hydrogens is 486 g/mol. The number of nitrogens with zero attached hydrogens (tertiary/aromatic N) is 2. The average Bonchev–Trinajstić information content (AvgIpc) is 3.04. The molecule has 1 N–H and O–H groups in total. The van der Waals surface area contributed by atoms with Crippen molar-refractivity contribution in [2.75, 3.05) is 13.1 Å². The van der Waals surface area contributed by atoms with E-state index in [1.165, 1.54) is 9.80 Å². The van der Waals surface area contributed by atoms with Crippen LogP contribution in [-0.2, 0) is 25.7 Å². The Labute approximate surface area is 203 Å². The molecule has 1 aliphatic heterocycles. The summed E-state index contributed by atoms with van der Waals surface area (Å²) in [5.74, 6) is -1.19. The van der Waals surface area contributed by atoms with E-state index in [0.717, 1.165) is 10.0 Å². The maximum absolute atomic E-state index is 13.3. The molecule has 1 fully saturated rings. The normalized spacial score (nSPS) is 20.7. The molecule has 1 aliphatic carbocycles. The lowest BCUT2D eigenvalue weighted by Crippen LogP contribution is -2.49. The molecule has 0 spiro atoms. The van der Waals surface area contributed by atoms with Crippen molar-refractivity contribution in [2.24, 2.45) is 17.8 Å². The molecule has 0 saturated carbocycles. The van der Waals surface area contributed by atoms with E-state index in [1.54, 1.807) is 6.92 Å². The SMILES string of the molecule is CC(C)CNC(=O)[C@@H](C)N(Cc1ccc(Br)cc1)C(=O)CCN1C(=O)[C@H]2CC=CC[C@H]2C1=O. The Morgan fingerprint density at radius 3 is 2.18 bits per heavy atom. The van der Waals surface area contributed by atoms with Crippen molar-refractivity contribution in [1.82, 2.24) is 15.1 Å². The molecule has 3 rings (SSSR count). The second-order valence-corrected chi connectivity index (χ2v) is 10.1. The number of allylic oxidation sites excluding steroid dienone is 2. The Kier molecular flexibility index (Phi) is 8.46. The van der Waals surface area contributed by atoms with E-state index in [1.807, 2.05) is 50.3 Å². The molecule has 0 unspecified atom stereocenters. The monoisotopic (exact) mass is 517 g/mol. The van der Waals surface area contributed by atoms with Gasteiger partial charge in [-0.1, -0.05) is 54.1 Å². The fourth-order valence-electron chi connectivity index (χ4n) is 4.26. The van der Waals surface area contributed by atoms with Crippen molar-refractivity contribution >= 4 is 39.6 Å². The molecule has 4 amide bonds. The molecule has 0 aromatic heterocycles. The minimum absolute atomic E-state index is 0.0112. The van der Waals surface area contributed by atoms with Crippen LogP contribution < -0.4 is 5.32 Å². The van der Waals surface area contributed by atoms with Crippen LogP contribution in [-0.4, -0.2) is 52.6 Å². The van der Waals surface area contributed by atoms with Gasteiger partial charge in [0.25, 0.3) is 0 Å². The van der Waals surface area contributed by atoms with Crippen LogP contribution in [0.5, 0.6) is 0 Å². The summed E-state index contributed by atoms with van der Waals surface area (Å²) >= 11 is 3.41. The number of carbonyl (C=O) groups excluding carboxylic acids is 4. The largest absolute Gasteiger partial charge is 0.354 e.